The predicted molar refractivity (Wildman–Crippen MR) is 56.2 cm³/mol. The second-order valence-corrected chi connectivity index (χ2v) is 5.28. The van der Waals surface area contributed by atoms with E-state index in [0.717, 1.165) is 12.8 Å². The van der Waals surface area contributed by atoms with Gasteiger partial charge in [-0.05, 0) is 26.7 Å². The van der Waals surface area contributed by atoms with Gasteiger partial charge in [-0.1, -0.05) is 0 Å². The first kappa shape index (κ1) is 10.9. The Morgan fingerprint density at radius 1 is 1.44 bits per heavy atom. The fourth-order valence-electron chi connectivity index (χ4n) is 2.03. The highest BCUT2D eigenvalue weighted by Crippen LogP contribution is 2.49. The van der Waals surface area contributed by atoms with Crippen LogP contribution in [0.3, 0.4) is 0 Å². The highest BCUT2D eigenvalue weighted by atomic mass is 16.2. The number of nitrogens with one attached hydrogen (secondary N) is 1. The molecular weight excluding hydrogens is 206 g/mol. The number of nitriles is 1. The highest BCUT2D eigenvalue weighted by molar-refractivity contribution is 6.06. The summed E-state index contributed by atoms with van der Waals surface area (Å²) in [6, 6.07) is 1.79. The third-order valence-electron chi connectivity index (χ3n) is 3.35. The molecule has 0 atom stereocenters. The largest absolute Gasteiger partial charge is 0.325 e. The third kappa shape index (κ3) is 1.64. The Kier molecular flexibility index (Phi) is 2.19. The van der Waals surface area contributed by atoms with Crippen molar-refractivity contribution in [1.29, 1.82) is 5.26 Å². The van der Waals surface area contributed by atoms with E-state index < -0.39 is 5.54 Å². The van der Waals surface area contributed by atoms with E-state index in [1.807, 2.05) is 0 Å². The normalized spacial score (nSPS) is 25.2. The number of imide groups is 1. The van der Waals surface area contributed by atoms with Crippen LogP contribution in [0.1, 0.15) is 33.1 Å². The molecule has 86 valence electrons. The number of carbonyl (C=O) groups is 2. The number of hydrogen-bond acceptors (Lipinski definition) is 3. The van der Waals surface area contributed by atoms with Crippen LogP contribution in [-0.2, 0) is 4.79 Å². The van der Waals surface area contributed by atoms with E-state index >= 15 is 0 Å². The van der Waals surface area contributed by atoms with Gasteiger partial charge >= 0.3 is 6.03 Å². The van der Waals surface area contributed by atoms with Gasteiger partial charge < -0.3 is 5.32 Å². The average Bonchev–Trinajstić information content (AvgIpc) is 2.89. The van der Waals surface area contributed by atoms with Crippen molar-refractivity contribution in [1.82, 2.24) is 10.2 Å². The van der Waals surface area contributed by atoms with Gasteiger partial charge in [0.1, 0.15) is 5.54 Å². The lowest BCUT2D eigenvalue weighted by Crippen LogP contribution is -2.41. The molecule has 0 aromatic heterocycles. The minimum absolute atomic E-state index is 0.123. The number of carbonyl (C=O) groups excluding carboxylic acids is 2. The Morgan fingerprint density at radius 2 is 2.06 bits per heavy atom. The Balaban J connectivity index is 2.09. The molecule has 0 spiro atoms. The lowest BCUT2D eigenvalue weighted by Gasteiger charge is -2.20. The third-order valence-corrected chi connectivity index (χ3v) is 3.35. The fraction of sp³-hybridized carbons (Fsp3) is 0.727. The van der Waals surface area contributed by atoms with Gasteiger partial charge in [-0.15, -0.1) is 0 Å². The zero-order chi connectivity index (χ0) is 12.0. The van der Waals surface area contributed by atoms with Gasteiger partial charge in [0.15, 0.2) is 0 Å². The molecule has 0 bridgehead atoms. The van der Waals surface area contributed by atoms with Crippen molar-refractivity contribution in [3.05, 3.63) is 0 Å². The molecule has 16 heavy (non-hydrogen) atoms. The summed E-state index contributed by atoms with van der Waals surface area (Å²) in [4.78, 5) is 24.8. The minimum atomic E-state index is -0.806. The Bertz CT molecular complexity index is 391. The average molecular weight is 221 g/mol. The number of amides is 3. The van der Waals surface area contributed by atoms with Crippen molar-refractivity contribution in [3.8, 4) is 6.07 Å². The molecule has 1 saturated carbocycles. The number of urea groups is 1. The number of rotatable bonds is 3. The molecular formula is C11H15N3O2. The topological polar surface area (TPSA) is 73.2 Å². The zero-order valence-corrected chi connectivity index (χ0v) is 9.54. The van der Waals surface area contributed by atoms with E-state index in [1.165, 1.54) is 4.90 Å². The van der Waals surface area contributed by atoms with Crippen LogP contribution in [0.15, 0.2) is 0 Å². The molecule has 2 rings (SSSR count). The second kappa shape index (κ2) is 3.21. The summed E-state index contributed by atoms with van der Waals surface area (Å²) in [5.74, 6) is -0.193. The molecule has 0 unspecified atom stereocenters. The summed E-state index contributed by atoms with van der Waals surface area (Å²) >= 11 is 0. The number of hydrogen-bond donors (Lipinski definition) is 1. The Hall–Kier alpha value is -1.57. The van der Waals surface area contributed by atoms with E-state index in [9.17, 15) is 9.59 Å². The summed E-state index contributed by atoms with van der Waals surface area (Å²) in [5, 5.41) is 11.3. The van der Waals surface area contributed by atoms with Crippen LogP contribution in [0.4, 0.5) is 4.79 Å². The van der Waals surface area contributed by atoms with Crippen LogP contribution in [0, 0.1) is 16.7 Å². The van der Waals surface area contributed by atoms with Gasteiger partial charge in [0.2, 0.25) is 0 Å². The molecule has 0 radical (unpaired) electrons. The summed E-state index contributed by atoms with van der Waals surface area (Å²) in [6.07, 6.45) is 2.28. The molecule has 0 aromatic carbocycles. The zero-order valence-electron chi connectivity index (χ0n) is 9.54. The fourth-order valence-corrected chi connectivity index (χ4v) is 2.03. The second-order valence-electron chi connectivity index (χ2n) is 5.28. The lowest BCUT2D eigenvalue weighted by atomic mass is 10.0. The smallest absolute Gasteiger partial charge is 0.324 e. The van der Waals surface area contributed by atoms with Gasteiger partial charge in [0.05, 0.1) is 6.07 Å². The van der Waals surface area contributed by atoms with Gasteiger partial charge in [-0.2, -0.15) is 5.26 Å². The van der Waals surface area contributed by atoms with E-state index in [-0.39, 0.29) is 17.4 Å². The Labute approximate surface area is 94.4 Å². The SMILES string of the molecule is CC1(C)NC(=O)N(CC2(CC#N)CC2)C1=O. The summed E-state index contributed by atoms with van der Waals surface area (Å²) in [7, 11) is 0. The molecule has 1 saturated heterocycles. The van der Waals surface area contributed by atoms with Crippen molar-refractivity contribution in [3.63, 3.8) is 0 Å². The van der Waals surface area contributed by atoms with Crippen molar-refractivity contribution in [2.75, 3.05) is 6.54 Å². The van der Waals surface area contributed by atoms with Crippen molar-refractivity contribution in [2.45, 2.75) is 38.6 Å². The number of nitrogens with zero attached hydrogens (tertiary/aromatic N) is 2. The van der Waals surface area contributed by atoms with Crippen LogP contribution in [0.25, 0.3) is 0 Å². The first-order valence-corrected chi connectivity index (χ1v) is 5.41. The molecule has 5 nitrogen and oxygen atoms in total. The van der Waals surface area contributed by atoms with Gasteiger partial charge in [0, 0.05) is 18.4 Å². The molecule has 5 heteroatoms. The molecule has 2 aliphatic rings. The predicted octanol–water partition coefficient (Wildman–Crippen LogP) is 1.01. The van der Waals surface area contributed by atoms with Crippen LogP contribution >= 0.6 is 0 Å². The van der Waals surface area contributed by atoms with E-state index in [0.29, 0.717) is 13.0 Å². The maximum absolute atomic E-state index is 11.9. The van der Waals surface area contributed by atoms with Crippen molar-refractivity contribution < 1.29 is 9.59 Å². The van der Waals surface area contributed by atoms with Crippen molar-refractivity contribution >= 4 is 11.9 Å². The van der Waals surface area contributed by atoms with Gasteiger partial charge in [-0.25, -0.2) is 4.79 Å². The van der Waals surface area contributed by atoms with E-state index in [1.54, 1.807) is 13.8 Å². The quantitative estimate of drug-likeness (QED) is 0.723. The Morgan fingerprint density at radius 3 is 2.44 bits per heavy atom. The van der Waals surface area contributed by atoms with Gasteiger partial charge in [-0.3, -0.25) is 9.69 Å². The standard InChI is InChI=1S/C11H15N3O2/c1-10(2)8(15)14(9(16)13-10)7-11(3-4-11)5-6-12/h3-5,7H2,1-2H3,(H,13,16). The first-order chi connectivity index (χ1) is 7.40. The molecule has 0 aromatic rings. The molecule has 1 N–H and O–H groups in total. The van der Waals surface area contributed by atoms with Crippen LogP contribution in [0.2, 0.25) is 0 Å². The monoisotopic (exact) mass is 221 g/mol. The summed E-state index contributed by atoms with van der Waals surface area (Å²) in [6.45, 7) is 3.77. The van der Waals surface area contributed by atoms with Crippen LogP contribution in [0.5, 0.6) is 0 Å². The lowest BCUT2D eigenvalue weighted by molar-refractivity contribution is -0.130. The van der Waals surface area contributed by atoms with Crippen LogP contribution in [-0.4, -0.2) is 28.9 Å². The van der Waals surface area contributed by atoms with E-state index in [2.05, 4.69) is 11.4 Å². The molecule has 1 aliphatic carbocycles. The van der Waals surface area contributed by atoms with Crippen LogP contribution < -0.4 is 5.32 Å². The van der Waals surface area contributed by atoms with E-state index in [4.69, 9.17) is 5.26 Å². The molecule has 3 amide bonds. The molecule has 1 heterocycles. The molecule has 1 aliphatic heterocycles. The first-order valence-electron chi connectivity index (χ1n) is 5.41. The van der Waals surface area contributed by atoms with Crippen molar-refractivity contribution in [2.24, 2.45) is 5.41 Å². The summed E-state index contributed by atoms with van der Waals surface area (Å²) in [5.41, 5.74) is -0.929. The maximum Gasteiger partial charge on any atom is 0.325 e. The maximum atomic E-state index is 11.9. The van der Waals surface area contributed by atoms with Gasteiger partial charge in [0.25, 0.3) is 5.91 Å². The molecule has 2 fully saturated rings. The minimum Gasteiger partial charge on any atom is -0.324 e. The highest BCUT2D eigenvalue weighted by Gasteiger charge is 2.51. The summed E-state index contributed by atoms with van der Waals surface area (Å²) < 4.78 is 0.